The van der Waals surface area contributed by atoms with Gasteiger partial charge < -0.3 is 11.1 Å². The van der Waals surface area contributed by atoms with Gasteiger partial charge in [-0.15, -0.1) is 0 Å². The van der Waals surface area contributed by atoms with Gasteiger partial charge in [0.25, 0.3) is 5.91 Å². The number of thiocarbonyl (C=S) groups is 1. The molecule has 0 aliphatic rings. The maximum atomic E-state index is 12.2. The maximum absolute atomic E-state index is 12.2. The number of amides is 1. The van der Waals surface area contributed by atoms with Crippen molar-refractivity contribution < 1.29 is 4.79 Å². The predicted octanol–water partition coefficient (Wildman–Crippen LogP) is 1.81. The quantitative estimate of drug-likeness (QED) is 0.820. The average molecular weight is 288 g/mol. The summed E-state index contributed by atoms with van der Waals surface area (Å²) in [5, 5.41) is 2.92. The lowest BCUT2D eigenvalue weighted by Crippen LogP contribution is -2.37. The number of carbonyl (C=O) groups is 1. The third kappa shape index (κ3) is 3.48. The topological polar surface area (TPSA) is 80.9 Å². The summed E-state index contributed by atoms with van der Waals surface area (Å²) in [6.45, 7) is 1.98. The normalized spacial score (nSPS) is 12.1. The minimum Gasteiger partial charge on any atom is -0.393 e. The van der Waals surface area contributed by atoms with Crippen LogP contribution in [-0.4, -0.2) is 26.9 Å². The van der Waals surface area contributed by atoms with Gasteiger partial charge in [-0.25, -0.2) is 0 Å². The molecular weight excluding hydrogens is 272 g/mol. The highest BCUT2D eigenvalue weighted by Gasteiger charge is 2.13. The molecule has 6 heteroatoms. The Morgan fingerprint density at radius 3 is 2.70 bits per heavy atom. The van der Waals surface area contributed by atoms with Crippen LogP contribution in [0.15, 0.2) is 30.6 Å². The molecule has 20 heavy (non-hydrogen) atoms. The second-order valence-corrected chi connectivity index (χ2v) is 5.03. The van der Waals surface area contributed by atoms with E-state index in [4.69, 9.17) is 18.0 Å². The molecule has 1 aromatic heterocycles. The van der Waals surface area contributed by atoms with Gasteiger partial charge >= 0.3 is 0 Å². The third-order valence-corrected chi connectivity index (χ3v) is 3.17. The van der Waals surface area contributed by atoms with Crippen molar-refractivity contribution in [1.29, 1.82) is 0 Å². The van der Waals surface area contributed by atoms with Gasteiger partial charge in [0.2, 0.25) is 0 Å². The van der Waals surface area contributed by atoms with Gasteiger partial charge in [-0.2, -0.15) is 0 Å². The number of hydrogen-bond acceptors (Lipinski definition) is 4. The van der Waals surface area contributed by atoms with Crippen molar-refractivity contribution in [3.8, 4) is 0 Å². The first kappa shape index (κ1) is 14.3. The van der Waals surface area contributed by atoms with Gasteiger partial charge in [-0.1, -0.05) is 19.1 Å². The number of benzene rings is 1. The molecule has 1 heterocycles. The van der Waals surface area contributed by atoms with Crippen LogP contribution in [0.3, 0.4) is 0 Å². The van der Waals surface area contributed by atoms with Gasteiger partial charge in [0.05, 0.1) is 16.0 Å². The second kappa shape index (κ2) is 6.38. The number of carbonyl (C=O) groups excluding carboxylic acids is 1. The summed E-state index contributed by atoms with van der Waals surface area (Å²) in [7, 11) is 0. The molecule has 2 rings (SSSR count). The lowest BCUT2D eigenvalue weighted by atomic mass is 10.1. The van der Waals surface area contributed by atoms with Gasteiger partial charge in [0.15, 0.2) is 0 Å². The van der Waals surface area contributed by atoms with Crippen molar-refractivity contribution in [1.82, 2.24) is 15.3 Å². The van der Waals surface area contributed by atoms with E-state index < -0.39 is 0 Å². The Bertz CT molecular complexity index is 644. The van der Waals surface area contributed by atoms with Crippen LogP contribution < -0.4 is 11.1 Å². The third-order valence-electron chi connectivity index (χ3n) is 3.01. The Balaban J connectivity index is 2.16. The molecule has 5 nitrogen and oxygen atoms in total. The van der Waals surface area contributed by atoms with Crippen LogP contribution in [0.5, 0.6) is 0 Å². The smallest absolute Gasteiger partial charge is 0.251 e. The SMILES string of the molecule is CCC(CC(N)=S)NC(=O)c1ccc2nccnc2c1. The Morgan fingerprint density at radius 1 is 1.35 bits per heavy atom. The molecular formula is C14H16N4OS. The van der Waals surface area contributed by atoms with Crippen LogP contribution in [-0.2, 0) is 0 Å². The molecule has 2 aromatic rings. The van der Waals surface area contributed by atoms with E-state index in [0.29, 0.717) is 22.5 Å². The van der Waals surface area contributed by atoms with Crippen molar-refractivity contribution >= 4 is 34.1 Å². The first-order chi connectivity index (χ1) is 9.60. The molecule has 0 aliphatic carbocycles. The van der Waals surface area contributed by atoms with E-state index in [1.807, 2.05) is 6.92 Å². The number of rotatable bonds is 5. The number of nitrogens with zero attached hydrogens (tertiary/aromatic N) is 2. The van der Waals surface area contributed by atoms with E-state index in [2.05, 4.69) is 15.3 Å². The first-order valence-electron chi connectivity index (χ1n) is 6.40. The standard InChI is InChI=1S/C14H16N4OS/c1-2-10(8-13(15)20)18-14(19)9-3-4-11-12(7-9)17-6-5-16-11/h3-7,10H,2,8H2,1H3,(H2,15,20)(H,18,19). The molecule has 1 atom stereocenters. The summed E-state index contributed by atoms with van der Waals surface area (Å²) in [5.41, 5.74) is 7.53. The zero-order valence-electron chi connectivity index (χ0n) is 11.2. The molecule has 0 saturated heterocycles. The van der Waals surface area contributed by atoms with Gasteiger partial charge in [-0.3, -0.25) is 14.8 Å². The van der Waals surface area contributed by atoms with Gasteiger partial charge in [0, 0.05) is 30.4 Å². The highest BCUT2D eigenvalue weighted by molar-refractivity contribution is 7.80. The lowest BCUT2D eigenvalue weighted by Gasteiger charge is -2.16. The molecule has 0 aliphatic heterocycles. The largest absolute Gasteiger partial charge is 0.393 e. The number of aromatic nitrogens is 2. The van der Waals surface area contributed by atoms with Crippen molar-refractivity contribution in [2.45, 2.75) is 25.8 Å². The number of nitrogens with two attached hydrogens (primary N) is 1. The van der Waals surface area contributed by atoms with E-state index in [1.165, 1.54) is 0 Å². The lowest BCUT2D eigenvalue weighted by molar-refractivity contribution is 0.0937. The Morgan fingerprint density at radius 2 is 2.05 bits per heavy atom. The number of hydrogen-bond donors (Lipinski definition) is 2. The highest BCUT2D eigenvalue weighted by atomic mass is 32.1. The van der Waals surface area contributed by atoms with E-state index >= 15 is 0 Å². The van der Waals surface area contributed by atoms with Crippen molar-refractivity contribution in [3.63, 3.8) is 0 Å². The zero-order chi connectivity index (χ0) is 14.5. The Hall–Kier alpha value is -2.08. The number of nitrogens with one attached hydrogen (secondary N) is 1. The molecule has 0 bridgehead atoms. The minimum absolute atomic E-state index is 0.0439. The number of fused-ring (bicyclic) bond motifs is 1. The van der Waals surface area contributed by atoms with Crippen LogP contribution in [0.2, 0.25) is 0 Å². The molecule has 1 unspecified atom stereocenters. The molecule has 0 radical (unpaired) electrons. The summed E-state index contributed by atoms with van der Waals surface area (Å²) >= 11 is 4.88. The first-order valence-corrected chi connectivity index (χ1v) is 6.81. The molecule has 0 spiro atoms. The average Bonchev–Trinajstić information content (AvgIpc) is 2.45. The zero-order valence-corrected chi connectivity index (χ0v) is 12.0. The molecule has 1 amide bonds. The summed E-state index contributed by atoms with van der Waals surface area (Å²) < 4.78 is 0. The fourth-order valence-corrected chi connectivity index (χ4v) is 2.11. The van der Waals surface area contributed by atoms with Gasteiger partial charge in [-0.05, 0) is 24.6 Å². The molecule has 0 saturated carbocycles. The van der Waals surface area contributed by atoms with E-state index in [1.54, 1.807) is 30.6 Å². The predicted molar refractivity (Wildman–Crippen MR) is 82.5 cm³/mol. The summed E-state index contributed by atoms with van der Waals surface area (Å²) in [6.07, 6.45) is 4.50. The molecule has 3 N–H and O–H groups in total. The summed E-state index contributed by atoms with van der Waals surface area (Å²) in [5.74, 6) is -0.152. The van der Waals surface area contributed by atoms with Crippen molar-refractivity contribution in [3.05, 3.63) is 36.2 Å². The van der Waals surface area contributed by atoms with Gasteiger partial charge in [0.1, 0.15) is 0 Å². The monoisotopic (exact) mass is 288 g/mol. The fourth-order valence-electron chi connectivity index (χ4n) is 1.91. The molecule has 0 fully saturated rings. The molecule has 1 aromatic carbocycles. The van der Waals surface area contributed by atoms with E-state index in [-0.39, 0.29) is 11.9 Å². The van der Waals surface area contributed by atoms with E-state index in [0.717, 1.165) is 11.9 Å². The van der Waals surface area contributed by atoms with Crippen LogP contribution in [0.4, 0.5) is 0 Å². The highest BCUT2D eigenvalue weighted by Crippen LogP contribution is 2.11. The molecule has 104 valence electrons. The van der Waals surface area contributed by atoms with E-state index in [9.17, 15) is 4.79 Å². The Kier molecular flexibility index (Phi) is 4.57. The van der Waals surface area contributed by atoms with Crippen LogP contribution in [0.1, 0.15) is 30.1 Å². The maximum Gasteiger partial charge on any atom is 0.251 e. The van der Waals surface area contributed by atoms with Crippen LogP contribution >= 0.6 is 12.2 Å². The Labute approximate surface area is 122 Å². The van der Waals surface area contributed by atoms with Crippen molar-refractivity contribution in [2.75, 3.05) is 0 Å². The summed E-state index contributed by atoms with van der Waals surface area (Å²) in [6, 6.07) is 5.20. The summed E-state index contributed by atoms with van der Waals surface area (Å²) in [4.78, 5) is 21.0. The van der Waals surface area contributed by atoms with Crippen LogP contribution in [0.25, 0.3) is 11.0 Å². The van der Waals surface area contributed by atoms with Crippen molar-refractivity contribution in [2.24, 2.45) is 5.73 Å². The fraction of sp³-hybridized carbons (Fsp3) is 0.286. The second-order valence-electron chi connectivity index (χ2n) is 4.51. The van der Waals surface area contributed by atoms with Crippen LogP contribution in [0, 0.1) is 0 Å². The minimum atomic E-state index is -0.152.